The number of hydrogen-bond acceptors (Lipinski definition) is 3. The van der Waals surface area contributed by atoms with Crippen molar-refractivity contribution in [3.05, 3.63) is 58.6 Å². The van der Waals surface area contributed by atoms with Crippen molar-refractivity contribution < 1.29 is 9.53 Å². The van der Waals surface area contributed by atoms with Crippen LogP contribution in [0.25, 0.3) is 0 Å². The van der Waals surface area contributed by atoms with E-state index < -0.39 is 6.03 Å². The molecule has 2 aromatic carbocycles. The van der Waals surface area contributed by atoms with Crippen LogP contribution in [0.1, 0.15) is 12.5 Å². The third-order valence-corrected chi connectivity index (χ3v) is 3.18. The van der Waals surface area contributed by atoms with Crippen molar-refractivity contribution in [1.29, 1.82) is 0 Å². The Morgan fingerprint density at radius 2 is 1.62 bits per heavy atom. The number of halogens is 1. The molecule has 0 spiro atoms. The van der Waals surface area contributed by atoms with Crippen molar-refractivity contribution in [1.82, 2.24) is 5.43 Å². The van der Waals surface area contributed by atoms with E-state index in [1.165, 1.54) is 0 Å². The fourth-order valence-electron chi connectivity index (χ4n) is 1.61. The summed E-state index contributed by atoms with van der Waals surface area (Å²) in [6, 6.07) is 14.3. The fourth-order valence-corrected chi connectivity index (χ4v) is 1.87. The van der Waals surface area contributed by atoms with Gasteiger partial charge in [0.1, 0.15) is 11.5 Å². The van der Waals surface area contributed by atoms with Crippen LogP contribution in [0.5, 0.6) is 11.5 Å². The Hall–Kier alpha value is -2.34. The maximum Gasteiger partial charge on any atom is 0.332 e. The number of amides is 2. The van der Waals surface area contributed by atoms with Crippen LogP contribution in [-0.4, -0.2) is 11.7 Å². The molecule has 0 atom stereocenters. The number of rotatable bonds is 4. The van der Waals surface area contributed by atoms with E-state index in [9.17, 15) is 4.79 Å². The first-order valence-electron chi connectivity index (χ1n) is 6.18. The first-order chi connectivity index (χ1) is 10.0. The lowest BCUT2D eigenvalue weighted by Gasteiger charge is -2.07. The Kier molecular flexibility index (Phi) is 4.94. The average Bonchev–Trinajstić information content (AvgIpc) is 2.48. The van der Waals surface area contributed by atoms with Crippen LogP contribution >= 0.6 is 15.9 Å². The molecule has 0 aliphatic carbocycles. The van der Waals surface area contributed by atoms with Gasteiger partial charge in [-0.05, 0) is 61.0 Å². The molecule has 0 bridgehead atoms. The normalized spacial score (nSPS) is 11.0. The molecule has 108 valence electrons. The number of hydrogen-bond donors (Lipinski definition) is 2. The zero-order valence-corrected chi connectivity index (χ0v) is 12.9. The lowest BCUT2D eigenvalue weighted by molar-refractivity contribution is 0.249. The van der Waals surface area contributed by atoms with E-state index in [0.717, 1.165) is 21.5 Å². The summed E-state index contributed by atoms with van der Waals surface area (Å²) in [7, 11) is 0. The van der Waals surface area contributed by atoms with Gasteiger partial charge in [0.25, 0.3) is 0 Å². The SMILES string of the molecule is C/C(=N\NC(N)=O)c1ccc(Oc2ccc(Br)cc2)cc1. The van der Waals surface area contributed by atoms with E-state index in [4.69, 9.17) is 10.5 Å². The highest BCUT2D eigenvalue weighted by atomic mass is 79.9. The average molecular weight is 348 g/mol. The van der Waals surface area contributed by atoms with Gasteiger partial charge in [-0.25, -0.2) is 10.2 Å². The predicted octanol–water partition coefficient (Wildman–Crippen LogP) is 3.63. The molecule has 2 rings (SSSR count). The molecular formula is C15H14BrN3O2. The predicted molar refractivity (Wildman–Crippen MR) is 85.6 cm³/mol. The van der Waals surface area contributed by atoms with Gasteiger partial charge in [-0.3, -0.25) is 0 Å². The number of primary amides is 1. The number of carbonyl (C=O) groups excluding carboxylic acids is 1. The van der Waals surface area contributed by atoms with Gasteiger partial charge in [-0.15, -0.1) is 0 Å². The van der Waals surface area contributed by atoms with Crippen molar-refractivity contribution in [2.45, 2.75) is 6.92 Å². The van der Waals surface area contributed by atoms with Crippen molar-refractivity contribution in [3.63, 3.8) is 0 Å². The molecule has 2 aromatic rings. The number of nitrogens with two attached hydrogens (primary N) is 1. The van der Waals surface area contributed by atoms with Gasteiger partial charge in [0, 0.05) is 4.47 Å². The van der Waals surface area contributed by atoms with Crippen LogP contribution in [0.15, 0.2) is 58.1 Å². The number of nitrogens with zero attached hydrogens (tertiary/aromatic N) is 1. The van der Waals surface area contributed by atoms with Crippen LogP contribution in [0, 0.1) is 0 Å². The molecule has 5 nitrogen and oxygen atoms in total. The molecule has 0 aromatic heterocycles. The first kappa shape index (κ1) is 15.1. The minimum Gasteiger partial charge on any atom is -0.457 e. The standard InChI is InChI=1S/C15H14BrN3O2/c1-10(18-19-15(17)20)11-2-6-13(7-3-11)21-14-8-4-12(16)5-9-14/h2-9H,1H3,(H3,17,19,20)/b18-10+. The van der Waals surface area contributed by atoms with Gasteiger partial charge in [0.15, 0.2) is 0 Å². The van der Waals surface area contributed by atoms with Crippen LogP contribution in [0.2, 0.25) is 0 Å². The van der Waals surface area contributed by atoms with Crippen LogP contribution in [-0.2, 0) is 0 Å². The van der Waals surface area contributed by atoms with E-state index in [1.807, 2.05) is 48.5 Å². The van der Waals surface area contributed by atoms with Crippen molar-refractivity contribution in [2.75, 3.05) is 0 Å². The fraction of sp³-hybridized carbons (Fsp3) is 0.0667. The van der Waals surface area contributed by atoms with E-state index >= 15 is 0 Å². The Morgan fingerprint density at radius 1 is 1.10 bits per heavy atom. The minimum atomic E-state index is -0.690. The molecule has 0 unspecified atom stereocenters. The molecule has 0 aliphatic heterocycles. The molecule has 0 fully saturated rings. The third-order valence-electron chi connectivity index (χ3n) is 2.66. The number of nitrogens with one attached hydrogen (secondary N) is 1. The Bertz CT molecular complexity index is 652. The van der Waals surface area contributed by atoms with Gasteiger partial charge in [-0.1, -0.05) is 15.9 Å². The van der Waals surface area contributed by atoms with Crippen LogP contribution < -0.4 is 15.9 Å². The molecule has 0 aliphatic rings. The second-order valence-electron chi connectivity index (χ2n) is 4.25. The molecule has 6 heteroatoms. The molecule has 0 saturated heterocycles. The van der Waals surface area contributed by atoms with Gasteiger partial charge in [-0.2, -0.15) is 5.10 Å². The molecular weight excluding hydrogens is 334 g/mol. The topological polar surface area (TPSA) is 76.7 Å². The van der Waals surface area contributed by atoms with Crippen LogP contribution in [0.4, 0.5) is 4.79 Å². The van der Waals surface area contributed by atoms with Crippen molar-refractivity contribution in [3.8, 4) is 11.5 Å². The summed E-state index contributed by atoms with van der Waals surface area (Å²) in [5.74, 6) is 1.48. The third kappa shape index (κ3) is 4.61. The molecule has 21 heavy (non-hydrogen) atoms. The second-order valence-corrected chi connectivity index (χ2v) is 5.17. The zero-order valence-electron chi connectivity index (χ0n) is 11.3. The highest BCUT2D eigenvalue weighted by Crippen LogP contribution is 2.23. The molecule has 0 radical (unpaired) electrons. The summed E-state index contributed by atoms with van der Waals surface area (Å²) < 4.78 is 6.71. The number of ether oxygens (including phenoxy) is 1. The Labute approximate surface area is 130 Å². The summed E-state index contributed by atoms with van der Waals surface area (Å²) in [5, 5.41) is 3.86. The molecule has 0 saturated carbocycles. The van der Waals surface area contributed by atoms with E-state index in [1.54, 1.807) is 6.92 Å². The van der Waals surface area contributed by atoms with E-state index in [2.05, 4.69) is 26.5 Å². The van der Waals surface area contributed by atoms with Gasteiger partial charge in [0.05, 0.1) is 5.71 Å². The lowest BCUT2D eigenvalue weighted by atomic mass is 10.1. The number of hydrazone groups is 1. The van der Waals surface area contributed by atoms with E-state index in [-0.39, 0.29) is 0 Å². The summed E-state index contributed by atoms with van der Waals surface area (Å²) in [6.45, 7) is 1.78. The van der Waals surface area contributed by atoms with Crippen molar-refractivity contribution >= 4 is 27.7 Å². The number of urea groups is 1. The Morgan fingerprint density at radius 3 is 2.14 bits per heavy atom. The first-order valence-corrected chi connectivity index (χ1v) is 6.97. The van der Waals surface area contributed by atoms with Gasteiger partial charge in [0.2, 0.25) is 0 Å². The second kappa shape index (κ2) is 6.90. The summed E-state index contributed by atoms with van der Waals surface area (Å²) in [5.41, 5.74) is 8.68. The highest BCUT2D eigenvalue weighted by Gasteiger charge is 2.01. The van der Waals surface area contributed by atoms with Crippen molar-refractivity contribution in [2.24, 2.45) is 10.8 Å². The lowest BCUT2D eigenvalue weighted by Crippen LogP contribution is -2.25. The monoisotopic (exact) mass is 347 g/mol. The smallest absolute Gasteiger partial charge is 0.332 e. The summed E-state index contributed by atoms with van der Waals surface area (Å²) in [6.07, 6.45) is 0. The van der Waals surface area contributed by atoms with Gasteiger partial charge >= 0.3 is 6.03 Å². The zero-order chi connectivity index (χ0) is 15.2. The number of benzene rings is 2. The summed E-state index contributed by atoms with van der Waals surface area (Å²) in [4.78, 5) is 10.6. The van der Waals surface area contributed by atoms with Crippen LogP contribution in [0.3, 0.4) is 0 Å². The number of carbonyl (C=O) groups is 1. The van der Waals surface area contributed by atoms with Gasteiger partial charge < -0.3 is 10.5 Å². The molecule has 2 amide bonds. The maximum absolute atomic E-state index is 10.6. The van der Waals surface area contributed by atoms with E-state index in [0.29, 0.717) is 5.71 Å². The summed E-state index contributed by atoms with van der Waals surface area (Å²) >= 11 is 3.37. The quantitative estimate of drug-likeness (QED) is 0.654. The minimum absolute atomic E-state index is 0.656. The molecule has 3 N–H and O–H groups in total. The Balaban J connectivity index is 2.06. The highest BCUT2D eigenvalue weighted by molar-refractivity contribution is 9.10. The largest absolute Gasteiger partial charge is 0.457 e. The molecule has 0 heterocycles. The maximum atomic E-state index is 10.6.